The predicted octanol–water partition coefficient (Wildman–Crippen LogP) is 3.26. The summed E-state index contributed by atoms with van der Waals surface area (Å²) < 4.78 is 11.2. The summed E-state index contributed by atoms with van der Waals surface area (Å²) in [6.45, 7) is 8.38. The molecule has 1 N–H and O–H groups in total. The van der Waals surface area contributed by atoms with Crippen molar-refractivity contribution in [2.24, 2.45) is 0 Å². The molecule has 0 radical (unpaired) electrons. The molecule has 1 aromatic carbocycles. The largest absolute Gasteiger partial charge is 0.484 e. The van der Waals surface area contributed by atoms with Gasteiger partial charge in [0.1, 0.15) is 5.75 Å². The fourth-order valence-corrected chi connectivity index (χ4v) is 4.33. The lowest BCUT2D eigenvalue weighted by atomic mass is 9.79. The number of aryl methyl sites for hydroxylation is 2. The third kappa shape index (κ3) is 6.09. The molecule has 1 amide bonds. The summed E-state index contributed by atoms with van der Waals surface area (Å²) in [5, 5.41) is 3.14. The Balaban J connectivity index is 0.00000261. The van der Waals surface area contributed by atoms with Gasteiger partial charge in [0.25, 0.3) is 5.91 Å². The van der Waals surface area contributed by atoms with Crippen molar-refractivity contribution in [3.63, 3.8) is 0 Å². The van der Waals surface area contributed by atoms with E-state index in [0.717, 1.165) is 56.0 Å². The van der Waals surface area contributed by atoms with Gasteiger partial charge in [-0.25, -0.2) is 0 Å². The summed E-state index contributed by atoms with van der Waals surface area (Å²) in [4.78, 5) is 14.9. The number of nitrogens with one attached hydrogen (secondary N) is 1. The lowest BCUT2D eigenvalue weighted by Gasteiger charge is -2.48. The number of nitrogens with zero attached hydrogens (tertiary/aromatic N) is 1. The van der Waals surface area contributed by atoms with Crippen LogP contribution in [0, 0.1) is 13.8 Å². The maximum Gasteiger partial charge on any atom is 0.258 e. The molecule has 2 aliphatic rings. The molecule has 2 fully saturated rings. The molecule has 1 heterocycles. The Morgan fingerprint density at radius 2 is 1.74 bits per heavy atom. The Kier molecular flexibility index (Phi) is 8.39. The second-order valence-electron chi connectivity index (χ2n) is 7.77. The molecular formula is C21H33ClN2O3. The first-order valence-corrected chi connectivity index (χ1v) is 9.88. The van der Waals surface area contributed by atoms with E-state index in [1.807, 2.05) is 26.0 Å². The van der Waals surface area contributed by atoms with Crippen molar-refractivity contribution >= 4 is 18.3 Å². The Hall–Kier alpha value is -1.30. The number of benzene rings is 1. The van der Waals surface area contributed by atoms with Crippen LogP contribution in [0.3, 0.4) is 0 Å². The molecule has 0 bridgehead atoms. The molecule has 0 aromatic heterocycles. The van der Waals surface area contributed by atoms with Crippen LogP contribution in [0.2, 0.25) is 0 Å². The minimum absolute atomic E-state index is 0. The third-order valence-electron chi connectivity index (χ3n) is 5.65. The molecule has 1 aliphatic carbocycles. The molecule has 0 atom stereocenters. The van der Waals surface area contributed by atoms with Gasteiger partial charge in [-0.15, -0.1) is 12.4 Å². The number of ether oxygens (including phenoxy) is 2. The van der Waals surface area contributed by atoms with E-state index in [1.54, 1.807) is 0 Å². The van der Waals surface area contributed by atoms with Gasteiger partial charge < -0.3 is 14.8 Å². The molecule has 3 rings (SSSR count). The molecule has 1 saturated carbocycles. The molecule has 5 nitrogen and oxygen atoms in total. The topological polar surface area (TPSA) is 50.8 Å². The van der Waals surface area contributed by atoms with Gasteiger partial charge in [-0.3, -0.25) is 9.69 Å². The Bertz CT molecular complexity index is 591. The first-order chi connectivity index (χ1) is 12.6. The number of carbonyl (C=O) groups is 1. The molecule has 152 valence electrons. The van der Waals surface area contributed by atoms with E-state index in [0.29, 0.717) is 6.54 Å². The number of rotatable bonds is 6. The minimum atomic E-state index is -0.0395. The standard InChI is InChI=1S/C21H32N2O3.ClH/c1-17-12-18(2)14-19(13-17)26-15-20(24)22-16-21(6-4-3-5-7-21)23-8-10-25-11-9-23;/h12-14H,3-11,15-16H2,1-2H3,(H,22,24);1H. The van der Waals surface area contributed by atoms with Crippen molar-refractivity contribution in [2.45, 2.75) is 51.5 Å². The summed E-state index contributed by atoms with van der Waals surface area (Å²) in [5.41, 5.74) is 2.39. The van der Waals surface area contributed by atoms with Crippen LogP contribution >= 0.6 is 12.4 Å². The van der Waals surface area contributed by atoms with Gasteiger partial charge in [-0.1, -0.05) is 25.3 Å². The van der Waals surface area contributed by atoms with Gasteiger partial charge >= 0.3 is 0 Å². The van der Waals surface area contributed by atoms with Gasteiger partial charge in [0.05, 0.1) is 13.2 Å². The summed E-state index contributed by atoms with van der Waals surface area (Å²) in [6.07, 6.45) is 6.10. The van der Waals surface area contributed by atoms with Crippen LogP contribution in [0.1, 0.15) is 43.2 Å². The van der Waals surface area contributed by atoms with E-state index < -0.39 is 0 Å². The molecular weight excluding hydrogens is 364 g/mol. The third-order valence-corrected chi connectivity index (χ3v) is 5.65. The monoisotopic (exact) mass is 396 g/mol. The van der Waals surface area contributed by atoms with E-state index in [-0.39, 0.29) is 30.5 Å². The Morgan fingerprint density at radius 1 is 1.11 bits per heavy atom. The van der Waals surface area contributed by atoms with Crippen LogP contribution in [0.5, 0.6) is 5.75 Å². The van der Waals surface area contributed by atoms with E-state index >= 15 is 0 Å². The fraction of sp³-hybridized carbons (Fsp3) is 0.667. The number of amides is 1. The van der Waals surface area contributed by atoms with E-state index in [1.165, 1.54) is 19.3 Å². The molecule has 1 aliphatic heterocycles. The van der Waals surface area contributed by atoms with Crippen molar-refractivity contribution in [1.82, 2.24) is 10.2 Å². The highest BCUT2D eigenvalue weighted by Gasteiger charge is 2.38. The fourth-order valence-electron chi connectivity index (χ4n) is 4.33. The number of hydrogen-bond acceptors (Lipinski definition) is 4. The molecule has 0 unspecified atom stereocenters. The normalized spacial score (nSPS) is 19.8. The number of carbonyl (C=O) groups excluding carboxylic acids is 1. The summed E-state index contributed by atoms with van der Waals surface area (Å²) >= 11 is 0. The zero-order valence-corrected chi connectivity index (χ0v) is 17.4. The smallest absolute Gasteiger partial charge is 0.258 e. The lowest BCUT2D eigenvalue weighted by Crippen LogP contribution is -2.60. The SMILES string of the molecule is Cc1cc(C)cc(OCC(=O)NCC2(N3CCOCC3)CCCCC2)c1.Cl. The summed E-state index contributed by atoms with van der Waals surface area (Å²) in [6, 6.07) is 6.04. The lowest BCUT2D eigenvalue weighted by molar-refractivity contribution is -0.124. The van der Waals surface area contributed by atoms with Gasteiger partial charge in [0.15, 0.2) is 6.61 Å². The van der Waals surface area contributed by atoms with Crippen LogP contribution in [-0.2, 0) is 9.53 Å². The van der Waals surface area contributed by atoms with Crippen LogP contribution in [0.25, 0.3) is 0 Å². The zero-order chi connectivity index (χ0) is 18.4. The van der Waals surface area contributed by atoms with Crippen LogP contribution in [0.15, 0.2) is 18.2 Å². The molecule has 1 saturated heterocycles. The van der Waals surface area contributed by atoms with Crippen molar-refractivity contribution in [1.29, 1.82) is 0 Å². The summed E-state index contributed by atoms with van der Waals surface area (Å²) in [7, 11) is 0. The molecule has 1 aromatic rings. The van der Waals surface area contributed by atoms with Gasteiger partial charge in [-0.05, 0) is 49.9 Å². The minimum Gasteiger partial charge on any atom is -0.484 e. The van der Waals surface area contributed by atoms with Crippen LogP contribution in [-0.4, -0.2) is 55.8 Å². The average Bonchev–Trinajstić information content (AvgIpc) is 2.65. The highest BCUT2D eigenvalue weighted by Crippen LogP contribution is 2.33. The van der Waals surface area contributed by atoms with Gasteiger partial charge in [0, 0.05) is 25.2 Å². The highest BCUT2D eigenvalue weighted by molar-refractivity contribution is 5.85. The zero-order valence-electron chi connectivity index (χ0n) is 16.6. The van der Waals surface area contributed by atoms with Crippen molar-refractivity contribution in [2.75, 3.05) is 39.5 Å². The summed E-state index contributed by atoms with van der Waals surface area (Å²) in [5.74, 6) is 0.723. The molecule has 0 spiro atoms. The van der Waals surface area contributed by atoms with Crippen molar-refractivity contribution in [3.8, 4) is 5.75 Å². The molecule has 27 heavy (non-hydrogen) atoms. The average molecular weight is 397 g/mol. The van der Waals surface area contributed by atoms with Gasteiger partial charge in [0.2, 0.25) is 0 Å². The predicted molar refractivity (Wildman–Crippen MR) is 110 cm³/mol. The number of halogens is 1. The number of morpholine rings is 1. The second kappa shape index (κ2) is 10.3. The van der Waals surface area contributed by atoms with Crippen LogP contribution < -0.4 is 10.1 Å². The van der Waals surface area contributed by atoms with Gasteiger partial charge in [-0.2, -0.15) is 0 Å². The highest BCUT2D eigenvalue weighted by atomic mass is 35.5. The van der Waals surface area contributed by atoms with E-state index in [9.17, 15) is 4.79 Å². The first kappa shape index (κ1) is 22.0. The van der Waals surface area contributed by atoms with Crippen molar-refractivity contribution < 1.29 is 14.3 Å². The number of hydrogen-bond donors (Lipinski definition) is 1. The Morgan fingerprint density at radius 3 is 2.37 bits per heavy atom. The quantitative estimate of drug-likeness (QED) is 0.801. The molecule has 6 heteroatoms. The van der Waals surface area contributed by atoms with Crippen LogP contribution in [0.4, 0.5) is 0 Å². The van der Waals surface area contributed by atoms with E-state index in [2.05, 4.69) is 16.3 Å². The maximum atomic E-state index is 12.4. The second-order valence-corrected chi connectivity index (χ2v) is 7.77. The first-order valence-electron chi connectivity index (χ1n) is 9.88. The Labute approximate surface area is 169 Å². The van der Waals surface area contributed by atoms with Crippen molar-refractivity contribution in [3.05, 3.63) is 29.3 Å². The van der Waals surface area contributed by atoms with E-state index in [4.69, 9.17) is 9.47 Å². The maximum absolute atomic E-state index is 12.4.